The van der Waals surface area contributed by atoms with E-state index in [9.17, 15) is 4.79 Å². The van der Waals surface area contributed by atoms with Crippen LogP contribution in [0.25, 0.3) is 0 Å². The van der Waals surface area contributed by atoms with Crippen molar-refractivity contribution in [3.05, 3.63) is 56.2 Å². The highest BCUT2D eigenvalue weighted by molar-refractivity contribution is 9.10. The predicted molar refractivity (Wildman–Crippen MR) is 79.2 cm³/mol. The van der Waals surface area contributed by atoms with E-state index in [1.54, 1.807) is 11.3 Å². The van der Waals surface area contributed by atoms with Crippen LogP contribution in [0.15, 0.2) is 39.5 Å². The third-order valence-electron chi connectivity index (χ3n) is 2.65. The zero-order chi connectivity index (χ0) is 13.0. The fraction of sp³-hybridized carbons (Fsp3) is 0.214. The highest BCUT2D eigenvalue weighted by atomic mass is 79.9. The lowest BCUT2D eigenvalue weighted by molar-refractivity contribution is 0.0953. The van der Waals surface area contributed by atoms with Crippen LogP contribution in [0.2, 0.25) is 0 Å². The first kappa shape index (κ1) is 13.3. The number of carbonyl (C=O) groups is 1. The van der Waals surface area contributed by atoms with Gasteiger partial charge >= 0.3 is 0 Å². The third kappa shape index (κ3) is 3.43. The molecule has 2 aromatic rings. The summed E-state index contributed by atoms with van der Waals surface area (Å²) in [7, 11) is 0. The molecule has 1 amide bonds. The molecule has 1 N–H and O–H groups in total. The normalized spacial score (nSPS) is 10.3. The summed E-state index contributed by atoms with van der Waals surface area (Å²) >= 11 is 5.10. The number of hydrogen-bond acceptors (Lipinski definition) is 2. The molecule has 2 nitrogen and oxygen atoms in total. The van der Waals surface area contributed by atoms with Gasteiger partial charge < -0.3 is 5.32 Å². The largest absolute Gasteiger partial charge is 0.352 e. The van der Waals surface area contributed by atoms with E-state index in [1.165, 1.54) is 5.56 Å². The van der Waals surface area contributed by atoms with Crippen molar-refractivity contribution in [2.75, 3.05) is 6.54 Å². The van der Waals surface area contributed by atoms with Crippen molar-refractivity contribution >= 4 is 33.2 Å². The van der Waals surface area contributed by atoms with Crippen LogP contribution < -0.4 is 5.32 Å². The molecule has 1 heterocycles. The minimum absolute atomic E-state index is 0.0305. The van der Waals surface area contributed by atoms with Crippen LogP contribution in [0.3, 0.4) is 0 Å². The second-order valence-corrected chi connectivity index (χ2v) is 5.76. The molecular formula is C14H14BrNOS. The van der Waals surface area contributed by atoms with E-state index < -0.39 is 0 Å². The van der Waals surface area contributed by atoms with Gasteiger partial charge in [0.2, 0.25) is 0 Å². The second-order valence-electron chi connectivity index (χ2n) is 4.12. The summed E-state index contributed by atoms with van der Waals surface area (Å²) < 4.78 is 0.843. The van der Waals surface area contributed by atoms with Crippen LogP contribution in [0.4, 0.5) is 0 Å². The summed E-state index contributed by atoms with van der Waals surface area (Å²) in [6.45, 7) is 2.67. The SMILES string of the molecule is Cc1ccc(C(=O)NCCc2ccsc2)c(Br)c1. The van der Waals surface area contributed by atoms with Crippen molar-refractivity contribution < 1.29 is 4.79 Å². The Labute approximate surface area is 119 Å². The van der Waals surface area contributed by atoms with E-state index in [4.69, 9.17) is 0 Å². The average Bonchev–Trinajstić information content (AvgIpc) is 2.81. The summed E-state index contributed by atoms with van der Waals surface area (Å²) in [5.41, 5.74) is 3.09. The number of halogens is 1. The number of thiophene rings is 1. The smallest absolute Gasteiger partial charge is 0.252 e. The van der Waals surface area contributed by atoms with E-state index in [-0.39, 0.29) is 5.91 Å². The van der Waals surface area contributed by atoms with Crippen LogP contribution in [0.5, 0.6) is 0 Å². The Hall–Kier alpha value is -1.13. The van der Waals surface area contributed by atoms with Crippen molar-refractivity contribution in [1.29, 1.82) is 0 Å². The Bertz CT molecular complexity index is 537. The van der Waals surface area contributed by atoms with E-state index in [0.29, 0.717) is 12.1 Å². The van der Waals surface area contributed by atoms with E-state index >= 15 is 0 Å². The number of rotatable bonds is 4. The lowest BCUT2D eigenvalue weighted by Crippen LogP contribution is -2.25. The zero-order valence-corrected chi connectivity index (χ0v) is 12.5. The molecule has 94 valence electrons. The topological polar surface area (TPSA) is 29.1 Å². The molecule has 0 unspecified atom stereocenters. The fourth-order valence-electron chi connectivity index (χ4n) is 1.65. The minimum atomic E-state index is -0.0305. The maximum Gasteiger partial charge on any atom is 0.252 e. The standard InChI is InChI=1S/C14H14BrNOS/c1-10-2-3-12(13(15)8-10)14(17)16-6-4-11-5-7-18-9-11/h2-3,5,7-9H,4,6H2,1H3,(H,16,17). The molecule has 1 aromatic heterocycles. The van der Waals surface area contributed by atoms with Gasteiger partial charge in [0.25, 0.3) is 5.91 Å². The number of amides is 1. The van der Waals surface area contributed by atoms with Gasteiger partial charge in [0.1, 0.15) is 0 Å². The van der Waals surface area contributed by atoms with Crippen LogP contribution in [-0.4, -0.2) is 12.5 Å². The molecule has 0 spiro atoms. The van der Waals surface area contributed by atoms with Crippen molar-refractivity contribution in [3.8, 4) is 0 Å². The van der Waals surface area contributed by atoms with Crippen molar-refractivity contribution in [2.45, 2.75) is 13.3 Å². The number of hydrogen-bond donors (Lipinski definition) is 1. The molecule has 1 aromatic carbocycles. The molecule has 0 atom stereocenters. The molecule has 18 heavy (non-hydrogen) atoms. The Morgan fingerprint density at radius 1 is 1.39 bits per heavy atom. The highest BCUT2D eigenvalue weighted by Crippen LogP contribution is 2.18. The summed E-state index contributed by atoms with van der Waals surface area (Å²) in [6.07, 6.45) is 0.874. The highest BCUT2D eigenvalue weighted by Gasteiger charge is 2.09. The Morgan fingerprint density at radius 3 is 2.89 bits per heavy atom. The maximum atomic E-state index is 12.0. The van der Waals surface area contributed by atoms with Gasteiger partial charge in [-0.3, -0.25) is 4.79 Å². The summed E-state index contributed by atoms with van der Waals surface area (Å²) in [4.78, 5) is 12.0. The van der Waals surface area contributed by atoms with E-state index in [0.717, 1.165) is 16.5 Å². The van der Waals surface area contributed by atoms with Gasteiger partial charge in [0, 0.05) is 11.0 Å². The minimum Gasteiger partial charge on any atom is -0.352 e. The maximum absolute atomic E-state index is 12.0. The third-order valence-corrected chi connectivity index (χ3v) is 4.04. The molecule has 2 rings (SSSR count). The Morgan fingerprint density at radius 2 is 2.22 bits per heavy atom. The molecule has 0 aliphatic carbocycles. The quantitative estimate of drug-likeness (QED) is 0.911. The molecule has 0 fully saturated rings. The van der Waals surface area contributed by atoms with Crippen molar-refractivity contribution in [3.63, 3.8) is 0 Å². The molecule has 0 saturated carbocycles. The second kappa shape index (κ2) is 6.16. The van der Waals surface area contributed by atoms with Crippen LogP contribution >= 0.6 is 27.3 Å². The summed E-state index contributed by atoms with van der Waals surface area (Å²) in [6, 6.07) is 7.82. The Balaban J connectivity index is 1.91. The summed E-state index contributed by atoms with van der Waals surface area (Å²) in [5, 5.41) is 7.09. The van der Waals surface area contributed by atoms with Crippen LogP contribution in [0.1, 0.15) is 21.5 Å². The molecule has 0 bridgehead atoms. The molecule has 0 aliphatic heterocycles. The lowest BCUT2D eigenvalue weighted by Gasteiger charge is -2.07. The molecule has 0 radical (unpaired) electrons. The number of benzene rings is 1. The monoisotopic (exact) mass is 323 g/mol. The molecular weight excluding hydrogens is 310 g/mol. The number of carbonyl (C=O) groups excluding carboxylic acids is 1. The van der Waals surface area contributed by atoms with Crippen LogP contribution in [-0.2, 0) is 6.42 Å². The van der Waals surface area contributed by atoms with Gasteiger partial charge in [-0.05, 0) is 69.4 Å². The predicted octanol–water partition coefficient (Wildman–Crippen LogP) is 3.79. The first-order valence-corrected chi connectivity index (χ1v) is 7.46. The fourth-order valence-corrected chi connectivity index (χ4v) is 3.03. The molecule has 0 aliphatic rings. The van der Waals surface area contributed by atoms with Gasteiger partial charge in [-0.15, -0.1) is 0 Å². The lowest BCUT2D eigenvalue weighted by atomic mass is 10.1. The van der Waals surface area contributed by atoms with Gasteiger partial charge in [-0.2, -0.15) is 11.3 Å². The van der Waals surface area contributed by atoms with Crippen LogP contribution in [0, 0.1) is 6.92 Å². The van der Waals surface area contributed by atoms with Gasteiger partial charge in [0.15, 0.2) is 0 Å². The Kier molecular flexibility index (Phi) is 4.55. The first-order valence-electron chi connectivity index (χ1n) is 5.72. The zero-order valence-electron chi connectivity index (χ0n) is 10.1. The molecule has 4 heteroatoms. The molecule has 0 saturated heterocycles. The van der Waals surface area contributed by atoms with Crippen molar-refractivity contribution in [1.82, 2.24) is 5.32 Å². The van der Waals surface area contributed by atoms with Crippen molar-refractivity contribution in [2.24, 2.45) is 0 Å². The van der Waals surface area contributed by atoms with E-state index in [2.05, 4.69) is 32.7 Å². The van der Waals surface area contributed by atoms with E-state index in [1.807, 2.05) is 30.5 Å². The average molecular weight is 324 g/mol. The number of nitrogens with one attached hydrogen (secondary N) is 1. The first-order chi connectivity index (χ1) is 8.66. The van der Waals surface area contributed by atoms with Gasteiger partial charge in [0.05, 0.1) is 5.56 Å². The van der Waals surface area contributed by atoms with Gasteiger partial charge in [-0.25, -0.2) is 0 Å². The van der Waals surface area contributed by atoms with Gasteiger partial charge in [-0.1, -0.05) is 6.07 Å². The number of aryl methyl sites for hydroxylation is 1. The summed E-state index contributed by atoms with van der Waals surface area (Å²) in [5.74, 6) is -0.0305.